The first-order valence-corrected chi connectivity index (χ1v) is 7.40. The molecule has 1 unspecified atom stereocenters. The highest BCUT2D eigenvalue weighted by atomic mass is 19.1. The van der Waals surface area contributed by atoms with Crippen molar-refractivity contribution in [2.45, 2.75) is 32.2 Å². The lowest BCUT2D eigenvalue weighted by molar-refractivity contribution is -0.910. The lowest BCUT2D eigenvalue weighted by atomic mass is 9.92. The number of hydrogen-bond donors (Lipinski definition) is 0. The van der Waals surface area contributed by atoms with E-state index in [0.29, 0.717) is 5.69 Å². The molecule has 3 atom stereocenters. The minimum Gasteiger partial charge on any atom is -0.498 e. The Hall–Kier alpha value is -2.02. The first-order valence-electron chi connectivity index (χ1n) is 7.40. The summed E-state index contributed by atoms with van der Waals surface area (Å²) in [6, 6.07) is 2.73. The second kappa shape index (κ2) is 5.88. The number of aromatic nitrogens is 1. The number of pyridine rings is 1. The van der Waals surface area contributed by atoms with Crippen molar-refractivity contribution in [2.24, 2.45) is 5.92 Å². The van der Waals surface area contributed by atoms with E-state index in [9.17, 15) is 19.1 Å². The van der Waals surface area contributed by atoms with E-state index in [0.717, 1.165) is 6.20 Å². The van der Waals surface area contributed by atoms with Crippen molar-refractivity contribution in [3.8, 4) is 0 Å². The van der Waals surface area contributed by atoms with Crippen LogP contribution in [-0.4, -0.2) is 47.3 Å². The van der Waals surface area contributed by atoms with Gasteiger partial charge in [0.25, 0.3) is 6.09 Å². The molecule has 6 nitrogen and oxygen atoms in total. The third kappa shape index (κ3) is 2.93. The van der Waals surface area contributed by atoms with Gasteiger partial charge in [0.15, 0.2) is 0 Å². The Bertz CT molecular complexity index is 612. The molecule has 2 heterocycles. The summed E-state index contributed by atoms with van der Waals surface area (Å²) in [5, 5.41) is 11.9. The molecule has 1 aromatic rings. The maximum atomic E-state index is 13.1. The van der Waals surface area contributed by atoms with Gasteiger partial charge in [-0.1, -0.05) is 0 Å². The molecule has 1 aliphatic heterocycles. The molecule has 0 bridgehead atoms. The Morgan fingerprint density at radius 2 is 2.00 bits per heavy atom. The van der Waals surface area contributed by atoms with E-state index in [4.69, 9.17) is 4.74 Å². The van der Waals surface area contributed by atoms with Crippen molar-refractivity contribution < 1.29 is 28.3 Å². The Morgan fingerprint density at radius 3 is 2.43 bits per heavy atom. The molecule has 1 amide bonds. The van der Waals surface area contributed by atoms with Gasteiger partial charge in [0.05, 0.1) is 43.5 Å². The van der Waals surface area contributed by atoms with E-state index in [2.05, 4.69) is 4.98 Å². The van der Waals surface area contributed by atoms with E-state index in [1.165, 1.54) is 19.2 Å². The molecule has 0 N–H and O–H groups in total. The van der Waals surface area contributed by atoms with Crippen LogP contribution in [0.25, 0.3) is 0 Å². The molecule has 1 aliphatic rings. The van der Waals surface area contributed by atoms with Gasteiger partial charge in [-0.05, 0) is 32.9 Å². The van der Waals surface area contributed by atoms with Crippen molar-refractivity contribution in [3.05, 3.63) is 29.8 Å². The molecule has 0 radical (unpaired) electrons. The largest absolute Gasteiger partial charge is 0.498 e. The Labute approximate surface area is 134 Å². The molecule has 0 saturated carbocycles. The fraction of sp³-hybridized carbons (Fsp3) is 0.562. The lowest BCUT2D eigenvalue weighted by Crippen LogP contribution is -2.66. The number of methoxy groups -OCH3 is 1. The molecule has 23 heavy (non-hydrogen) atoms. The van der Waals surface area contributed by atoms with Gasteiger partial charge in [0.1, 0.15) is 11.7 Å². The smallest absolute Gasteiger partial charge is 0.315 e. The second-order valence-electron chi connectivity index (χ2n) is 6.91. The molecule has 126 valence electrons. The van der Waals surface area contributed by atoms with Crippen molar-refractivity contribution in [2.75, 3.05) is 20.2 Å². The van der Waals surface area contributed by atoms with Crippen LogP contribution in [0.1, 0.15) is 32.4 Å². The van der Waals surface area contributed by atoms with E-state index >= 15 is 0 Å². The van der Waals surface area contributed by atoms with Crippen molar-refractivity contribution >= 4 is 12.1 Å². The lowest BCUT2D eigenvalue weighted by Gasteiger charge is -2.45. The van der Waals surface area contributed by atoms with Crippen molar-refractivity contribution in [1.82, 2.24) is 4.98 Å². The van der Waals surface area contributed by atoms with E-state index in [1.54, 1.807) is 20.8 Å². The van der Waals surface area contributed by atoms with Crippen LogP contribution in [-0.2, 0) is 9.53 Å². The summed E-state index contributed by atoms with van der Waals surface area (Å²) in [6.07, 6.45) is -0.178. The summed E-state index contributed by atoms with van der Waals surface area (Å²) in [5.41, 5.74) is -0.188. The molecular weight excluding hydrogens is 303 g/mol. The number of hydrogen-bond acceptors (Lipinski definition) is 5. The molecule has 1 fully saturated rings. The summed E-state index contributed by atoms with van der Waals surface area (Å²) >= 11 is 0. The SMILES string of the molecule is COC(=O)[C@@H]1C[N+](C(=O)[O-])(C(C)(C)C)C[C@H]1c1ccc(F)cn1. The number of likely N-dealkylation sites (tertiary alicyclic amines) is 1. The maximum absolute atomic E-state index is 13.1. The number of esters is 1. The predicted molar refractivity (Wildman–Crippen MR) is 77.6 cm³/mol. The molecule has 0 aliphatic carbocycles. The molecule has 0 spiro atoms. The molecule has 1 aromatic heterocycles. The quantitative estimate of drug-likeness (QED) is 0.600. The fourth-order valence-corrected chi connectivity index (χ4v) is 3.27. The highest BCUT2D eigenvalue weighted by molar-refractivity contribution is 5.74. The van der Waals surface area contributed by atoms with E-state index < -0.39 is 35.3 Å². The van der Waals surface area contributed by atoms with Crippen molar-refractivity contribution in [1.29, 1.82) is 0 Å². The number of carboxylic acid groups (broad SMARTS) is 1. The molecule has 2 rings (SSSR count). The van der Waals surface area contributed by atoms with Gasteiger partial charge < -0.3 is 14.6 Å². The summed E-state index contributed by atoms with van der Waals surface area (Å²) < 4.78 is 17.6. The van der Waals surface area contributed by atoms with Gasteiger partial charge in [0, 0.05) is 0 Å². The normalized spacial score (nSPS) is 27.7. The standard InChI is InChI=1S/C16H21FN2O4/c1-16(2,3)19(15(21)22)8-11(12(9-19)14(20)23-4)13-6-5-10(17)7-18-13/h5-7,11-12H,8-9H2,1-4H3/t11-,12-,19?/m1/s1. The van der Waals surface area contributed by atoms with Crippen LogP contribution < -0.4 is 5.11 Å². The topological polar surface area (TPSA) is 79.3 Å². The number of halogens is 1. The highest BCUT2D eigenvalue weighted by Gasteiger charge is 2.56. The van der Waals surface area contributed by atoms with Crippen LogP contribution in [0.3, 0.4) is 0 Å². The van der Waals surface area contributed by atoms with Crippen molar-refractivity contribution in [3.63, 3.8) is 0 Å². The van der Waals surface area contributed by atoms with Crippen LogP contribution >= 0.6 is 0 Å². The summed E-state index contributed by atoms with van der Waals surface area (Å²) in [5.74, 6) is -2.13. The van der Waals surface area contributed by atoms with Crippen LogP contribution in [0.2, 0.25) is 0 Å². The van der Waals surface area contributed by atoms with Gasteiger partial charge in [-0.25, -0.2) is 4.39 Å². The van der Waals surface area contributed by atoms with Crippen LogP contribution in [0.4, 0.5) is 9.18 Å². The maximum Gasteiger partial charge on any atom is 0.315 e. The zero-order valence-electron chi connectivity index (χ0n) is 13.7. The van der Waals surface area contributed by atoms with Crippen LogP contribution in [0.5, 0.6) is 0 Å². The van der Waals surface area contributed by atoms with Gasteiger partial charge >= 0.3 is 5.97 Å². The number of quaternary nitrogens is 1. The first-order chi connectivity index (χ1) is 10.6. The fourth-order valence-electron chi connectivity index (χ4n) is 3.27. The highest BCUT2D eigenvalue weighted by Crippen LogP contribution is 2.42. The molecule has 7 heteroatoms. The first kappa shape index (κ1) is 17.3. The summed E-state index contributed by atoms with van der Waals surface area (Å²) in [6.45, 7) is 5.57. The van der Waals surface area contributed by atoms with Gasteiger partial charge in [0.2, 0.25) is 0 Å². The number of carbonyl (C=O) groups excluding carboxylic acids is 2. The Kier molecular flexibility index (Phi) is 4.43. The van der Waals surface area contributed by atoms with Crippen LogP contribution in [0, 0.1) is 11.7 Å². The number of rotatable bonds is 2. The monoisotopic (exact) mass is 324 g/mol. The Balaban J connectivity index is 2.49. The zero-order valence-corrected chi connectivity index (χ0v) is 13.7. The van der Waals surface area contributed by atoms with Gasteiger partial charge in [-0.2, -0.15) is 0 Å². The molecular formula is C16H21FN2O4. The average molecular weight is 324 g/mol. The molecule has 0 aromatic carbocycles. The number of amides is 1. The zero-order chi connectivity index (χ0) is 17.4. The van der Waals surface area contributed by atoms with Crippen LogP contribution in [0.15, 0.2) is 18.3 Å². The summed E-state index contributed by atoms with van der Waals surface area (Å²) in [4.78, 5) is 28.1. The average Bonchev–Trinajstić information content (AvgIpc) is 2.89. The third-order valence-corrected chi connectivity index (χ3v) is 4.77. The third-order valence-electron chi connectivity index (χ3n) is 4.77. The Morgan fingerprint density at radius 1 is 1.35 bits per heavy atom. The van der Waals surface area contributed by atoms with E-state index in [1.807, 2.05) is 0 Å². The predicted octanol–water partition coefficient (Wildman–Crippen LogP) is 1.07. The summed E-state index contributed by atoms with van der Waals surface area (Å²) in [7, 11) is 1.26. The van der Waals surface area contributed by atoms with Gasteiger partial charge in [-0.3, -0.25) is 14.3 Å². The molecule has 1 saturated heterocycles. The second-order valence-corrected chi connectivity index (χ2v) is 6.91. The number of carbonyl (C=O) groups is 2. The van der Waals surface area contributed by atoms with Gasteiger partial charge in [-0.15, -0.1) is 0 Å². The number of ether oxygens (including phenoxy) is 1. The minimum absolute atomic E-state index is 0.0578. The minimum atomic E-state index is -1.24. The van der Waals surface area contributed by atoms with E-state index in [-0.39, 0.29) is 17.6 Å². The number of nitrogens with zero attached hydrogens (tertiary/aromatic N) is 2.